The second-order valence-corrected chi connectivity index (χ2v) is 4.83. The van der Waals surface area contributed by atoms with Crippen LogP contribution in [0.4, 0.5) is 4.79 Å². The molecule has 0 amide bonds. The Balaban J connectivity index is 2.60. The van der Waals surface area contributed by atoms with E-state index >= 15 is 0 Å². The molecular weight excluding hydrogens is 244 g/mol. The Kier molecular flexibility index (Phi) is 6.36. The van der Waals surface area contributed by atoms with E-state index in [-0.39, 0.29) is 19.1 Å². The summed E-state index contributed by atoms with van der Waals surface area (Å²) in [5.74, 6) is 0.833. The molecule has 0 saturated heterocycles. The van der Waals surface area contributed by atoms with E-state index in [2.05, 4.69) is 0 Å². The van der Waals surface area contributed by atoms with Crippen molar-refractivity contribution in [2.24, 2.45) is 0 Å². The molecule has 1 N–H and O–H groups in total. The maximum Gasteiger partial charge on any atom is 0.513 e. The highest BCUT2D eigenvalue weighted by Gasteiger charge is 2.13. The molecule has 0 fully saturated rings. The van der Waals surface area contributed by atoms with Crippen LogP contribution in [0.25, 0.3) is 0 Å². The highest BCUT2D eigenvalue weighted by atomic mass is 16.7. The van der Waals surface area contributed by atoms with Gasteiger partial charge in [-0.25, -0.2) is 4.79 Å². The highest BCUT2D eigenvalue weighted by Crippen LogP contribution is 2.27. The molecule has 19 heavy (non-hydrogen) atoms. The second-order valence-electron chi connectivity index (χ2n) is 4.83. The molecule has 0 aliphatic rings. The van der Waals surface area contributed by atoms with E-state index < -0.39 is 6.16 Å². The third-order valence-electron chi connectivity index (χ3n) is 2.76. The maximum absolute atomic E-state index is 11.6. The molecule has 0 spiro atoms. The Morgan fingerprint density at radius 3 is 2.68 bits per heavy atom. The Morgan fingerprint density at radius 2 is 2.05 bits per heavy atom. The number of benzene rings is 1. The van der Waals surface area contributed by atoms with Gasteiger partial charge in [-0.05, 0) is 42.9 Å². The first kappa shape index (κ1) is 15.5. The van der Waals surface area contributed by atoms with E-state index in [4.69, 9.17) is 14.6 Å². The van der Waals surface area contributed by atoms with Crippen LogP contribution >= 0.6 is 0 Å². The van der Waals surface area contributed by atoms with Gasteiger partial charge in [-0.15, -0.1) is 0 Å². The maximum atomic E-state index is 11.6. The molecular formula is C15H22O4. The average molecular weight is 266 g/mol. The van der Waals surface area contributed by atoms with Crippen LogP contribution in [0, 0.1) is 6.92 Å². The Morgan fingerprint density at radius 1 is 1.32 bits per heavy atom. The summed E-state index contributed by atoms with van der Waals surface area (Å²) in [4.78, 5) is 11.6. The van der Waals surface area contributed by atoms with Crippen molar-refractivity contribution in [2.75, 3.05) is 13.2 Å². The number of hydrogen-bond acceptors (Lipinski definition) is 4. The summed E-state index contributed by atoms with van der Waals surface area (Å²) in [7, 11) is 0. The normalized spacial score (nSPS) is 10.6. The van der Waals surface area contributed by atoms with Crippen LogP contribution in [0.1, 0.15) is 43.7 Å². The quantitative estimate of drug-likeness (QED) is 0.487. The van der Waals surface area contributed by atoms with Crippen molar-refractivity contribution < 1.29 is 19.4 Å². The van der Waals surface area contributed by atoms with Crippen molar-refractivity contribution in [1.29, 1.82) is 0 Å². The smallest absolute Gasteiger partial charge is 0.434 e. The fourth-order valence-corrected chi connectivity index (χ4v) is 1.70. The van der Waals surface area contributed by atoms with E-state index in [1.165, 1.54) is 0 Å². The number of unbranched alkanes of at least 4 members (excludes halogenated alkanes) is 1. The van der Waals surface area contributed by atoms with E-state index in [9.17, 15) is 4.79 Å². The molecule has 0 atom stereocenters. The zero-order valence-corrected chi connectivity index (χ0v) is 11.8. The minimum absolute atomic E-state index is 0.105. The van der Waals surface area contributed by atoms with Crippen molar-refractivity contribution in [2.45, 2.75) is 39.5 Å². The molecule has 106 valence electrons. The fourth-order valence-electron chi connectivity index (χ4n) is 1.70. The van der Waals surface area contributed by atoms with E-state index in [0.29, 0.717) is 18.6 Å². The minimum Gasteiger partial charge on any atom is -0.434 e. The average Bonchev–Trinajstić information content (AvgIpc) is 2.34. The number of aryl methyl sites for hydroxylation is 1. The molecule has 0 aliphatic carbocycles. The van der Waals surface area contributed by atoms with Crippen LogP contribution in [0.3, 0.4) is 0 Å². The molecule has 4 nitrogen and oxygen atoms in total. The van der Waals surface area contributed by atoms with Gasteiger partial charge in [0.15, 0.2) is 0 Å². The Labute approximate surface area is 114 Å². The van der Waals surface area contributed by atoms with Gasteiger partial charge in [0, 0.05) is 6.61 Å². The number of aliphatic hydroxyl groups is 1. The van der Waals surface area contributed by atoms with Gasteiger partial charge in [0.2, 0.25) is 0 Å². The van der Waals surface area contributed by atoms with E-state index in [0.717, 1.165) is 11.1 Å². The summed E-state index contributed by atoms with van der Waals surface area (Å²) in [6.45, 7) is 6.41. The lowest BCUT2D eigenvalue weighted by molar-refractivity contribution is 0.0952. The first-order valence-corrected chi connectivity index (χ1v) is 6.60. The van der Waals surface area contributed by atoms with Gasteiger partial charge >= 0.3 is 6.16 Å². The highest BCUT2D eigenvalue weighted by molar-refractivity contribution is 5.64. The molecule has 0 aliphatic heterocycles. The predicted molar refractivity (Wildman–Crippen MR) is 73.6 cm³/mol. The lowest BCUT2D eigenvalue weighted by Gasteiger charge is -2.13. The molecule has 1 aromatic carbocycles. The van der Waals surface area contributed by atoms with Crippen LogP contribution in [0.15, 0.2) is 18.2 Å². The monoisotopic (exact) mass is 266 g/mol. The van der Waals surface area contributed by atoms with Crippen LogP contribution in [-0.4, -0.2) is 24.5 Å². The minimum atomic E-state index is -0.689. The lowest BCUT2D eigenvalue weighted by atomic mass is 10.0. The van der Waals surface area contributed by atoms with Gasteiger partial charge in [0.05, 0.1) is 6.61 Å². The first-order valence-electron chi connectivity index (χ1n) is 6.60. The zero-order chi connectivity index (χ0) is 14.3. The largest absolute Gasteiger partial charge is 0.513 e. The molecule has 0 aromatic heterocycles. The van der Waals surface area contributed by atoms with E-state index in [1.807, 2.05) is 39.0 Å². The van der Waals surface area contributed by atoms with Gasteiger partial charge in [0.25, 0.3) is 0 Å². The number of hydrogen-bond donors (Lipinski definition) is 1. The van der Waals surface area contributed by atoms with Crippen LogP contribution in [-0.2, 0) is 4.74 Å². The second kappa shape index (κ2) is 7.79. The number of aliphatic hydroxyl groups excluding tert-OH is 1. The molecule has 0 radical (unpaired) electrons. The summed E-state index contributed by atoms with van der Waals surface area (Å²) >= 11 is 0. The molecule has 0 heterocycles. The van der Waals surface area contributed by atoms with Gasteiger partial charge in [-0.1, -0.05) is 26.0 Å². The third kappa shape index (κ3) is 5.30. The third-order valence-corrected chi connectivity index (χ3v) is 2.76. The van der Waals surface area contributed by atoms with Gasteiger partial charge in [-0.3, -0.25) is 0 Å². The summed E-state index contributed by atoms with van der Waals surface area (Å²) in [5.41, 5.74) is 2.02. The predicted octanol–water partition coefficient (Wildman–Crippen LogP) is 3.41. The van der Waals surface area contributed by atoms with Gasteiger partial charge < -0.3 is 14.6 Å². The van der Waals surface area contributed by atoms with Crippen LogP contribution < -0.4 is 4.74 Å². The molecule has 0 unspecified atom stereocenters. The van der Waals surface area contributed by atoms with Gasteiger partial charge in [0.1, 0.15) is 5.75 Å². The molecule has 0 saturated carbocycles. The van der Waals surface area contributed by atoms with Crippen molar-refractivity contribution in [3.63, 3.8) is 0 Å². The summed E-state index contributed by atoms with van der Waals surface area (Å²) < 4.78 is 10.2. The number of ether oxygens (including phenoxy) is 2. The molecule has 1 rings (SSSR count). The zero-order valence-electron chi connectivity index (χ0n) is 11.8. The first-order chi connectivity index (χ1) is 9.04. The number of carbonyl (C=O) groups excluding carboxylic acids is 1. The Bertz CT molecular complexity index is 413. The van der Waals surface area contributed by atoms with Crippen molar-refractivity contribution in [3.05, 3.63) is 29.3 Å². The molecule has 0 bridgehead atoms. The topological polar surface area (TPSA) is 55.8 Å². The number of carbonyl (C=O) groups is 1. The molecule has 1 aromatic rings. The number of rotatable bonds is 6. The van der Waals surface area contributed by atoms with Crippen molar-refractivity contribution in [3.8, 4) is 5.75 Å². The Hall–Kier alpha value is -1.55. The van der Waals surface area contributed by atoms with Crippen LogP contribution in [0.5, 0.6) is 5.75 Å². The fraction of sp³-hybridized carbons (Fsp3) is 0.533. The summed E-state index contributed by atoms with van der Waals surface area (Å²) in [6, 6.07) is 5.80. The van der Waals surface area contributed by atoms with Crippen molar-refractivity contribution >= 4 is 6.16 Å². The van der Waals surface area contributed by atoms with Crippen LogP contribution in [0.2, 0.25) is 0 Å². The van der Waals surface area contributed by atoms with E-state index in [1.54, 1.807) is 0 Å². The SMILES string of the molecule is Cc1ccc(C(C)C)c(OC(=O)OCCCCO)c1. The standard InChI is InChI=1S/C15H22O4/c1-11(2)13-7-6-12(3)10-14(13)19-15(17)18-9-5-4-8-16/h6-7,10-11,16H,4-5,8-9H2,1-3H3. The summed E-state index contributed by atoms with van der Waals surface area (Å²) in [5, 5.41) is 8.62. The van der Waals surface area contributed by atoms with Gasteiger partial charge in [-0.2, -0.15) is 0 Å². The summed E-state index contributed by atoms with van der Waals surface area (Å²) in [6.07, 6.45) is 0.566. The lowest BCUT2D eigenvalue weighted by Crippen LogP contribution is -2.13. The molecule has 4 heteroatoms. The van der Waals surface area contributed by atoms with Crippen molar-refractivity contribution in [1.82, 2.24) is 0 Å².